The van der Waals surface area contributed by atoms with E-state index in [4.69, 9.17) is 16.3 Å². The average Bonchev–Trinajstić information content (AvgIpc) is 2.64. The maximum absolute atomic E-state index is 6.10. The molecule has 0 saturated heterocycles. The molecule has 0 radical (unpaired) electrons. The van der Waals surface area contributed by atoms with Crippen LogP contribution in [0.3, 0.4) is 0 Å². The predicted molar refractivity (Wildman–Crippen MR) is 86.9 cm³/mol. The molecule has 21 heavy (non-hydrogen) atoms. The third-order valence-electron chi connectivity index (χ3n) is 3.44. The second-order valence-electron chi connectivity index (χ2n) is 4.99. The second kappa shape index (κ2) is 5.70. The molecule has 1 aliphatic heterocycles. The van der Waals surface area contributed by atoms with Gasteiger partial charge in [0.25, 0.3) is 0 Å². The number of rotatable bonds is 2. The summed E-state index contributed by atoms with van der Waals surface area (Å²) >= 11 is 6.10. The summed E-state index contributed by atoms with van der Waals surface area (Å²) in [4.78, 5) is 0. The molecule has 0 atom stereocenters. The molecular formula is C17H15ClN2O. The topological polar surface area (TPSA) is 34.0 Å². The minimum atomic E-state index is 0.685. The highest BCUT2D eigenvalue weighted by Crippen LogP contribution is 2.25. The molecule has 106 valence electrons. The van der Waals surface area contributed by atoms with Gasteiger partial charge in [0.2, 0.25) is 0 Å². The summed E-state index contributed by atoms with van der Waals surface area (Å²) in [6, 6.07) is 13.7. The Morgan fingerprint density at radius 1 is 1.10 bits per heavy atom. The first-order valence-electron chi connectivity index (χ1n) is 6.72. The molecule has 0 fully saturated rings. The van der Waals surface area contributed by atoms with Crippen LogP contribution in [0.25, 0.3) is 0 Å². The molecule has 2 aromatic rings. The van der Waals surface area contributed by atoms with E-state index in [-0.39, 0.29) is 0 Å². The van der Waals surface area contributed by atoms with E-state index >= 15 is 0 Å². The summed E-state index contributed by atoms with van der Waals surface area (Å²) in [5.74, 6) is 0.808. The molecule has 4 heteroatoms. The van der Waals surface area contributed by atoms with Crippen molar-refractivity contribution in [2.45, 2.75) is 13.3 Å². The lowest BCUT2D eigenvalue weighted by Gasteiger charge is -2.11. The Bertz CT molecular complexity index is 750. The summed E-state index contributed by atoms with van der Waals surface area (Å²) in [6.07, 6.45) is 0.785. The largest absolute Gasteiger partial charge is 0.497 e. The molecule has 0 N–H and O–H groups in total. The van der Waals surface area contributed by atoms with Crippen molar-refractivity contribution in [3.63, 3.8) is 0 Å². The Morgan fingerprint density at radius 2 is 1.95 bits per heavy atom. The van der Waals surface area contributed by atoms with E-state index in [1.165, 1.54) is 5.56 Å². The number of methoxy groups -OCH3 is 1. The van der Waals surface area contributed by atoms with E-state index in [0.717, 1.165) is 34.7 Å². The highest BCUT2D eigenvalue weighted by atomic mass is 35.5. The van der Waals surface area contributed by atoms with Gasteiger partial charge in [-0.25, -0.2) is 0 Å². The molecule has 0 aliphatic carbocycles. The summed E-state index contributed by atoms with van der Waals surface area (Å²) < 4.78 is 5.34. The minimum absolute atomic E-state index is 0.685. The number of hydrogen-bond acceptors (Lipinski definition) is 3. The summed E-state index contributed by atoms with van der Waals surface area (Å²) in [6.45, 7) is 1.98. The van der Waals surface area contributed by atoms with Crippen LogP contribution in [0.15, 0.2) is 52.7 Å². The molecule has 2 aromatic carbocycles. The van der Waals surface area contributed by atoms with Crippen LogP contribution < -0.4 is 4.74 Å². The zero-order valence-electron chi connectivity index (χ0n) is 11.9. The third-order valence-corrected chi connectivity index (χ3v) is 3.67. The molecule has 0 bridgehead atoms. The first-order valence-corrected chi connectivity index (χ1v) is 7.09. The van der Waals surface area contributed by atoms with Crippen molar-refractivity contribution in [2.75, 3.05) is 7.11 Å². The second-order valence-corrected chi connectivity index (χ2v) is 5.43. The van der Waals surface area contributed by atoms with Crippen molar-refractivity contribution in [1.82, 2.24) is 0 Å². The van der Waals surface area contributed by atoms with Gasteiger partial charge in [-0.2, -0.15) is 5.10 Å². The van der Waals surface area contributed by atoms with Crippen LogP contribution in [0.5, 0.6) is 5.75 Å². The SMILES string of the molecule is COc1ccc2c(c1)C(c1cccc(Cl)c1)=NN=C(C)C2. The van der Waals surface area contributed by atoms with E-state index in [2.05, 4.69) is 16.3 Å². The molecule has 0 aromatic heterocycles. The predicted octanol–water partition coefficient (Wildman–Crippen LogP) is 4.12. The molecule has 3 rings (SSSR count). The van der Waals surface area contributed by atoms with Gasteiger partial charge in [-0.15, -0.1) is 5.10 Å². The van der Waals surface area contributed by atoms with Crippen LogP contribution in [0.4, 0.5) is 0 Å². The highest BCUT2D eigenvalue weighted by Gasteiger charge is 2.17. The minimum Gasteiger partial charge on any atom is -0.497 e. The van der Waals surface area contributed by atoms with Gasteiger partial charge in [0.05, 0.1) is 7.11 Å². The molecule has 1 heterocycles. The molecule has 0 spiro atoms. The Morgan fingerprint density at radius 3 is 2.71 bits per heavy atom. The number of fused-ring (bicyclic) bond motifs is 1. The zero-order valence-corrected chi connectivity index (χ0v) is 12.7. The van der Waals surface area contributed by atoms with Gasteiger partial charge in [0.15, 0.2) is 0 Å². The Balaban J connectivity index is 2.20. The van der Waals surface area contributed by atoms with Gasteiger partial charge < -0.3 is 4.74 Å². The van der Waals surface area contributed by atoms with Crippen molar-refractivity contribution in [3.05, 3.63) is 64.2 Å². The molecule has 0 amide bonds. The van der Waals surface area contributed by atoms with Gasteiger partial charge in [0, 0.05) is 28.3 Å². The Labute approximate surface area is 128 Å². The molecular weight excluding hydrogens is 284 g/mol. The normalized spacial score (nSPS) is 13.9. The molecule has 1 aliphatic rings. The Hall–Kier alpha value is -2.13. The van der Waals surface area contributed by atoms with Crippen molar-refractivity contribution in [1.29, 1.82) is 0 Å². The number of hydrogen-bond donors (Lipinski definition) is 0. The number of ether oxygens (including phenoxy) is 1. The van der Waals surface area contributed by atoms with Gasteiger partial charge in [-0.3, -0.25) is 0 Å². The molecule has 0 saturated carbocycles. The lowest BCUT2D eigenvalue weighted by Crippen LogP contribution is -2.07. The quantitative estimate of drug-likeness (QED) is 0.821. The summed E-state index contributed by atoms with van der Waals surface area (Å²) in [5.41, 5.74) is 4.99. The van der Waals surface area contributed by atoms with Crippen LogP contribution >= 0.6 is 11.6 Å². The van der Waals surface area contributed by atoms with E-state index in [1.54, 1.807) is 7.11 Å². The van der Waals surface area contributed by atoms with E-state index in [9.17, 15) is 0 Å². The standard InChI is InChI=1S/C17H15ClN2O/c1-11-8-12-6-7-15(21-2)10-16(12)17(20-19-11)13-4-3-5-14(18)9-13/h3-7,9-10H,8H2,1-2H3. The van der Waals surface area contributed by atoms with Crippen molar-refractivity contribution >= 4 is 23.0 Å². The first-order chi connectivity index (χ1) is 10.2. The average molecular weight is 299 g/mol. The van der Waals surface area contributed by atoms with E-state index < -0.39 is 0 Å². The van der Waals surface area contributed by atoms with Crippen LogP contribution in [-0.4, -0.2) is 18.5 Å². The first kappa shape index (κ1) is 13.8. The highest BCUT2D eigenvalue weighted by molar-refractivity contribution is 6.31. The third kappa shape index (κ3) is 2.83. The van der Waals surface area contributed by atoms with Gasteiger partial charge >= 0.3 is 0 Å². The smallest absolute Gasteiger partial charge is 0.119 e. The van der Waals surface area contributed by atoms with Crippen molar-refractivity contribution in [3.8, 4) is 5.75 Å². The molecule has 0 unspecified atom stereocenters. The van der Waals surface area contributed by atoms with Crippen molar-refractivity contribution in [2.24, 2.45) is 10.2 Å². The van der Waals surface area contributed by atoms with Gasteiger partial charge in [-0.1, -0.05) is 29.8 Å². The van der Waals surface area contributed by atoms with E-state index in [1.807, 2.05) is 43.3 Å². The maximum Gasteiger partial charge on any atom is 0.119 e. The zero-order chi connectivity index (χ0) is 14.8. The van der Waals surface area contributed by atoms with Crippen LogP contribution in [0.1, 0.15) is 23.6 Å². The Kier molecular flexibility index (Phi) is 3.76. The van der Waals surface area contributed by atoms with E-state index in [0.29, 0.717) is 5.02 Å². The fraction of sp³-hybridized carbons (Fsp3) is 0.176. The summed E-state index contributed by atoms with van der Waals surface area (Å²) in [7, 11) is 1.66. The number of nitrogens with zero attached hydrogens (tertiary/aromatic N) is 2. The maximum atomic E-state index is 6.10. The fourth-order valence-electron chi connectivity index (χ4n) is 2.41. The lowest BCUT2D eigenvalue weighted by molar-refractivity contribution is 0.414. The van der Waals surface area contributed by atoms with Gasteiger partial charge in [-0.05, 0) is 36.8 Å². The lowest BCUT2D eigenvalue weighted by atomic mass is 9.95. The van der Waals surface area contributed by atoms with Gasteiger partial charge in [0.1, 0.15) is 11.5 Å². The summed E-state index contributed by atoms with van der Waals surface area (Å²) in [5, 5.41) is 9.41. The monoisotopic (exact) mass is 298 g/mol. The van der Waals surface area contributed by atoms with Crippen LogP contribution in [-0.2, 0) is 6.42 Å². The number of halogens is 1. The fourth-order valence-corrected chi connectivity index (χ4v) is 2.60. The molecule has 3 nitrogen and oxygen atoms in total. The van der Waals surface area contributed by atoms with Crippen molar-refractivity contribution < 1.29 is 4.74 Å². The van der Waals surface area contributed by atoms with Crippen LogP contribution in [0.2, 0.25) is 5.02 Å². The van der Waals surface area contributed by atoms with Crippen LogP contribution in [0, 0.1) is 0 Å². The number of benzene rings is 2.